The molecule has 9 heteroatoms. The van der Waals surface area contributed by atoms with E-state index in [2.05, 4.69) is 17.0 Å². The number of piperidine rings is 1. The van der Waals surface area contributed by atoms with E-state index < -0.39 is 11.7 Å². The molecule has 208 valence electrons. The molecule has 2 aromatic carbocycles. The van der Waals surface area contributed by atoms with Gasteiger partial charge in [-0.3, -0.25) is 18.8 Å². The van der Waals surface area contributed by atoms with Gasteiger partial charge in [0.2, 0.25) is 5.91 Å². The van der Waals surface area contributed by atoms with Crippen molar-refractivity contribution in [2.24, 2.45) is 7.05 Å². The lowest BCUT2D eigenvalue weighted by Crippen LogP contribution is -2.49. The first kappa shape index (κ1) is 26.4. The zero-order valence-corrected chi connectivity index (χ0v) is 23.0. The lowest BCUT2D eigenvalue weighted by atomic mass is 9.90. The third-order valence-corrected chi connectivity index (χ3v) is 8.64. The number of fused-ring (bicyclic) bond motifs is 2. The Hall–Kier alpha value is -3.82. The number of likely N-dealkylation sites (tertiary alicyclic amines) is 1. The number of carbonyl (C=O) groups is 1. The lowest BCUT2D eigenvalue weighted by Gasteiger charge is -2.38. The van der Waals surface area contributed by atoms with Gasteiger partial charge in [0, 0.05) is 32.1 Å². The molecule has 1 saturated heterocycles. The fourth-order valence-electron chi connectivity index (χ4n) is 6.21. The van der Waals surface area contributed by atoms with E-state index in [-0.39, 0.29) is 29.4 Å². The molecular formula is C31H35N5O4. The van der Waals surface area contributed by atoms with Crippen molar-refractivity contribution in [1.82, 2.24) is 24.2 Å². The number of aliphatic hydroxyl groups excluding tert-OH is 1. The van der Waals surface area contributed by atoms with Crippen molar-refractivity contribution in [3.8, 4) is 11.3 Å². The topological polar surface area (TPSA) is 113 Å². The Balaban J connectivity index is 1.16. The van der Waals surface area contributed by atoms with E-state index in [0.717, 1.165) is 40.8 Å². The van der Waals surface area contributed by atoms with Crippen molar-refractivity contribution in [1.29, 1.82) is 0 Å². The Labute approximate surface area is 232 Å². The standard InChI is InChI=1S/C31H35N5O4/c1-20(21-6-4-3-5-7-21)16-26(38)35-14-12-31(40,13-15-35)18-36-19-32-27-28(30(36)39)33-34(2)29(27)23-8-10-24-22(17-23)9-11-25(24)37/h3-8,10,17,19-20,25,37,40H,9,11-16,18H2,1-2H3. The van der Waals surface area contributed by atoms with Crippen LogP contribution in [-0.2, 0) is 24.8 Å². The summed E-state index contributed by atoms with van der Waals surface area (Å²) in [5.74, 6) is 0.207. The summed E-state index contributed by atoms with van der Waals surface area (Å²) in [4.78, 5) is 32.8. The van der Waals surface area contributed by atoms with Gasteiger partial charge >= 0.3 is 0 Å². The van der Waals surface area contributed by atoms with E-state index in [4.69, 9.17) is 0 Å². The van der Waals surface area contributed by atoms with Gasteiger partial charge in [-0.2, -0.15) is 5.10 Å². The summed E-state index contributed by atoms with van der Waals surface area (Å²) in [7, 11) is 1.79. The van der Waals surface area contributed by atoms with Crippen LogP contribution in [0.15, 0.2) is 59.7 Å². The zero-order valence-electron chi connectivity index (χ0n) is 23.0. The van der Waals surface area contributed by atoms with Gasteiger partial charge in [0.15, 0.2) is 5.52 Å². The summed E-state index contributed by atoms with van der Waals surface area (Å²) in [6.07, 6.45) is 3.80. The number of aliphatic hydroxyl groups is 2. The average molecular weight is 542 g/mol. The molecule has 2 aromatic heterocycles. The van der Waals surface area contributed by atoms with Crippen LogP contribution in [0.25, 0.3) is 22.3 Å². The first-order valence-corrected chi connectivity index (χ1v) is 14.0. The highest BCUT2D eigenvalue weighted by molar-refractivity contribution is 5.89. The molecule has 3 heterocycles. The van der Waals surface area contributed by atoms with E-state index >= 15 is 0 Å². The highest BCUT2D eigenvalue weighted by Crippen LogP contribution is 2.35. The summed E-state index contributed by atoms with van der Waals surface area (Å²) >= 11 is 0. The third kappa shape index (κ3) is 4.84. The highest BCUT2D eigenvalue weighted by Gasteiger charge is 2.35. The van der Waals surface area contributed by atoms with Gasteiger partial charge in [0.1, 0.15) is 5.52 Å². The molecule has 1 fully saturated rings. The number of hydrogen-bond donors (Lipinski definition) is 2. The van der Waals surface area contributed by atoms with Gasteiger partial charge < -0.3 is 15.1 Å². The fourth-order valence-corrected chi connectivity index (χ4v) is 6.21. The molecule has 2 unspecified atom stereocenters. The quantitative estimate of drug-likeness (QED) is 0.387. The number of amides is 1. The largest absolute Gasteiger partial charge is 0.388 e. The summed E-state index contributed by atoms with van der Waals surface area (Å²) in [6.45, 7) is 3.05. The lowest BCUT2D eigenvalue weighted by molar-refractivity contribution is -0.136. The van der Waals surface area contributed by atoms with Crippen LogP contribution in [0.2, 0.25) is 0 Å². The molecule has 2 atom stereocenters. The minimum absolute atomic E-state index is 0.0840. The minimum atomic E-state index is -1.11. The number of hydrogen-bond acceptors (Lipinski definition) is 6. The maximum absolute atomic E-state index is 13.4. The Kier molecular flexibility index (Phi) is 6.80. The average Bonchev–Trinajstić information content (AvgIpc) is 3.50. The van der Waals surface area contributed by atoms with Crippen molar-refractivity contribution in [3.05, 3.63) is 81.9 Å². The van der Waals surface area contributed by atoms with Crippen molar-refractivity contribution in [3.63, 3.8) is 0 Å². The Bertz CT molecular complexity index is 1620. The Morgan fingerprint density at radius 2 is 1.88 bits per heavy atom. The molecule has 2 aliphatic rings. The zero-order chi connectivity index (χ0) is 28.0. The predicted octanol–water partition coefficient (Wildman–Crippen LogP) is 3.32. The van der Waals surface area contributed by atoms with Crippen LogP contribution in [0.4, 0.5) is 0 Å². The Morgan fingerprint density at radius 3 is 2.62 bits per heavy atom. The number of rotatable bonds is 6. The second-order valence-electron chi connectivity index (χ2n) is 11.4. The summed E-state index contributed by atoms with van der Waals surface area (Å²) < 4.78 is 3.11. The molecule has 9 nitrogen and oxygen atoms in total. The molecule has 2 N–H and O–H groups in total. The number of aromatic nitrogens is 4. The maximum atomic E-state index is 13.4. The summed E-state index contributed by atoms with van der Waals surface area (Å²) in [5.41, 5.74) is 4.21. The van der Waals surface area contributed by atoms with Crippen molar-refractivity contribution >= 4 is 16.9 Å². The number of carbonyl (C=O) groups excluding carboxylic acids is 1. The van der Waals surface area contributed by atoms with E-state index in [1.807, 2.05) is 53.4 Å². The fraction of sp³-hybridized carbons (Fsp3) is 0.419. The van der Waals surface area contributed by atoms with Crippen molar-refractivity contribution in [2.75, 3.05) is 13.1 Å². The first-order chi connectivity index (χ1) is 19.2. The van der Waals surface area contributed by atoms with Crippen LogP contribution in [0, 0.1) is 0 Å². The van der Waals surface area contributed by atoms with Gasteiger partial charge in [-0.1, -0.05) is 49.4 Å². The van der Waals surface area contributed by atoms with E-state index in [1.165, 1.54) is 10.9 Å². The smallest absolute Gasteiger partial charge is 0.281 e. The molecule has 1 amide bonds. The minimum Gasteiger partial charge on any atom is -0.388 e. The van der Waals surface area contributed by atoms with Crippen LogP contribution in [0.5, 0.6) is 0 Å². The number of benzene rings is 2. The summed E-state index contributed by atoms with van der Waals surface area (Å²) in [6, 6.07) is 15.9. The maximum Gasteiger partial charge on any atom is 0.281 e. The van der Waals surface area contributed by atoms with E-state index in [1.54, 1.807) is 11.7 Å². The van der Waals surface area contributed by atoms with Gasteiger partial charge in [-0.15, -0.1) is 0 Å². The van der Waals surface area contributed by atoms with Gasteiger partial charge in [-0.05, 0) is 54.4 Å². The molecule has 4 aromatic rings. The van der Waals surface area contributed by atoms with Gasteiger partial charge in [-0.25, -0.2) is 4.98 Å². The first-order valence-electron chi connectivity index (χ1n) is 14.0. The summed E-state index contributed by atoms with van der Waals surface area (Å²) in [5, 5.41) is 26.0. The number of nitrogens with zero attached hydrogens (tertiary/aromatic N) is 5. The normalized spacial score (nSPS) is 19.1. The van der Waals surface area contributed by atoms with Crippen LogP contribution >= 0.6 is 0 Å². The van der Waals surface area contributed by atoms with Crippen molar-refractivity contribution < 1.29 is 15.0 Å². The molecule has 40 heavy (non-hydrogen) atoms. The van der Waals surface area contributed by atoms with Crippen molar-refractivity contribution in [2.45, 2.75) is 63.2 Å². The molecule has 0 bridgehead atoms. The van der Waals surface area contributed by atoms with Crippen LogP contribution in [0.3, 0.4) is 0 Å². The van der Waals surface area contributed by atoms with Crippen LogP contribution < -0.4 is 5.56 Å². The number of aryl methyl sites for hydroxylation is 2. The highest BCUT2D eigenvalue weighted by atomic mass is 16.3. The van der Waals surface area contributed by atoms with Gasteiger partial charge in [0.25, 0.3) is 5.56 Å². The monoisotopic (exact) mass is 541 g/mol. The molecule has 0 saturated carbocycles. The third-order valence-electron chi connectivity index (χ3n) is 8.64. The molecule has 6 rings (SSSR count). The SMILES string of the molecule is CC(CC(=O)N1CCC(O)(Cn2cnc3c(-c4ccc5c(c4)CCC5O)n(C)nc3c2=O)CC1)c1ccccc1. The molecule has 1 aliphatic carbocycles. The van der Waals surface area contributed by atoms with Gasteiger partial charge in [0.05, 0.1) is 30.3 Å². The molecule has 0 spiro atoms. The second kappa shape index (κ2) is 10.3. The predicted molar refractivity (Wildman–Crippen MR) is 152 cm³/mol. The second-order valence-corrected chi connectivity index (χ2v) is 11.4. The molecular weight excluding hydrogens is 506 g/mol. The molecule has 0 radical (unpaired) electrons. The molecule has 1 aliphatic heterocycles. The Morgan fingerprint density at radius 1 is 1.12 bits per heavy atom. The van der Waals surface area contributed by atoms with E-state index in [0.29, 0.717) is 37.9 Å². The van der Waals surface area contributed by atoms with Crippen LogP contribution in [0.1, 0.15) is 61.3 Å². The van der Waals surface area contributed by atoms with E-state index in [9.17, 15) is 19.8 Å². The van der Waals surface area contributed by atoms with Crippen LogP contribution in [-0.4, -0.2) is 59.0 Å².